The molecular formula is C60H44N4S. The number of rotatable bonds is 8. The van der Waals surface area contributed by atoms with Crippen LogP contribution in [0.2, 0.25) is 0 Å². The molecule has 12 rings (SSSR count). The molecule has 0 saturated carbocycles. The summed E-state index contributed by atoms with van der Waals surface area (Å²) in [5.41, 5.74) is 11.8. The number of hydrogen-bond acceptors (Lipinski definition) is 2. The van der Waals surface area contributed by atoms with E-state index >= 15 is 0 Å². The number of aromatic nitrogens is 4. The summed E-state index contributed by atoms with van der Waals surface area (Å²) in [6.07, 6.45) is 0. The molecule has 0 bridgehead atoms. The van der Waals surface area contributed by atoms with Gasteiger partial charge in [-0.3, -0.25) is 4.57 Å². The van der Waals surface area contributed by atoms with Crippen LogP contribution in [0.4, 0.5) is 0 Å². The van der Waals surface area contributed by atoms with Crippen LogP contribution in [0.3, 0.4) is 0 Å². The molecule has 0 aliphatic carbocycles. The topological polar surface area (TPSA) is 35.6 Å². The molecule has 0 amide bonds. The number of benzene rings is 9. The summed E-state index contributed by atoms with van der Waals surface area (Å²) in [6.45, 7) is 4.31. The summed E-state index contributed by atoms with van der Waals surface area (Å²) in [7, 11) is -1.93. The monoisotopic (exact) mass is 852 g/mol. The van der Waals surface area contributed by atoms with Crippen LogP contribution in [0.25, 0.3) is 77.8 Å². The van der Waals surface area contributed by atoms with E-state index in [1.54, 1.807) is 0 Å². The highest BCUT2D eigenvalue weighted by Gasteiger charge is 2.34. The Hall–Kier alpha value is -7.99. The van der Waals surface area contributed by atoms with E-state index in [1.807, 2.05) is 0 Å². The van der Waals surface area contributed by atoms with Gasteiger partial charge in [0.25, 0.3) is 0 Å². The minimum absolute atomic E-state index is 0.640. The molecule has 3 aromatic heterocycles. The molecule has 0 N–H and O–H groups in total. The summed E-state index contributed by atoms with van der Waals surface area (Å²) in [6, 6.07) is 83.9. The predicted octanol–water partition coefficient (Wildman–Crippen LogP) is 16.0. The average Bonchev–Trinajstić information content (AvgIpc) is 3.86. The third-order valence-electron chi connectivity index (χ3n) is 12.9. The van der Waals surface area contributed by atoms with Crippen LogP contribution in [-0.4, -0.2) is 19.1 Å². The van der Waals surface area contributed by atoms with E-state index in [1.165, 1.54) is 41.5 Å². The summed E-state index contributed by atoms with van der Waals surface area (Å²) in [5.74, 6) is 0.640. The maximum Gasteiger partial charge on any atom is 0.235 e. The van der Waals surface area contributed by atoms with E-state index in [-0.39, 0.29) is 0 Å². The highest BCUT2D eigenvalue weighted by Crippen LogP contribution is 2.73. The van der Waals surface area contributed by atoms with Crippen molar-refractivity contribution in [2.24, 2.45) is 0 Å². The fourth-order valence-corrected chi connectivity index (χ4v) is 13.8. The first-order valence-corrected chi connectivity index (χ1v) is 23.8. The lowest BCUT2D eigenvalue weighted by Crippen LogP contribution is -2.05. The molecule has 0 aliphatic heterocycles. The maximum atomic E-state index is 5.44. The smallest absolute Gasteiger partial charge is 0.235 e. The van der Waals surface area contributed by atoms with Gasteiger partial charge in [0.2, 0.25) is 5.95 Å². The van der Waals surface area contributed by atoms with Crippen molar-refractivity contribution in [3.05, 3.63) is 242 Å². The Morgan fingerprint density at radius 1 is 0.323 bits per heavy atom. The van der Waals surface area contributed by atoms with Gasteiger partial charge in [-0.05, 0) is 110 Å². The molecule has 0 saturated heterocycles. The zero-order chi connectivity index (χ0) is 43.5. The lowest BCUT2D eigenvalue weighted by molar-refractivity contribution is 0.994. The third kappa shape index (κ3) is 6.22. The summed E-state index contributed by atoms with van der Waals surface area (Å²) < 4.78 is 4.74. The normalized spacial score (nSPS) is 12.1. The van der Waals surface area contributed by atoms with Crippen molar-refractivity contribution in [3.63, 3.8) is 0 Å². The highest BCUT2D eigenvalue weighted by atomic mass is 32.3. The summed E-state index contributed by atoms with van der Waals surface area (Å²) in [5, 5.41) is 4.71. The van der Waals surface area contributed by atoms with E-state index in [0.717, 1.165) is 61.0 Å². The molecule has 0 aliphatic rings. The molecule has 0 spiro atoms. The second-order valence-corrected chi connectivity index (χ2v) is 19.8. The molecule has 0 fully saturated rings. The Morgan fingerprint density at radius 3 is 1.32 bits per heavy atom. The van der Waals surface area contributed by atoms with E-state index in [9.17, 15) is 0 Å². The molecule has 12 aromatic rings. The zero-order valence-electron chi connectivity index (χ0n) is 36.1. The quantitative estimate of drug-likeness (QED) is 0.153. The first-order chi connectivity index (χ1) is 32.1. The molecule has 5 heteroatoms. The van der Waals surface area contributed by atoms with Gasteiger partial charge in [0, 0.05) is 57.9 Å². The Kier molecular flexibility index (Phi) is 9.32. The Labute approximate surface area is 380 Å². The number of hydrogen-bond donors (Lipinski definition) is 0. The fourth-order valence-electron chi connectivity index (χ4n) is 9.94. The average molecular weight is 853 g/mol. The minimum Gasteiger partial charge on any atom is -0.309 e. The van der Waals surface area contributed by atoms with Crippen LogP contribution in [0, 0.1) is 13.8 Å². The zero-order valence-corrected chi connectivity index (χ0v) is 37.0. The van der Waals surface area contributed by atoms with Crippen LogP contribution in [0.1, 0.15) is 11.1 Å². The highest BCUT2D eigenvalue weighted by molar-refractivity contribution is 8.34. The molecule has 4 nitrogen and oxygen atoms in total. The Balaban J connectivity index is 1.18. The van der Waals surface area contributed by atoms with Gasteiger partial charge in [-0.25, -0.2) is 9.97 Å². The van der Waals surface area contributed by atoms with Crippen LogP contribution in [-0.2, 0) is 0 Å². The Bertz CT molecular complexity index is 3560. The first-order valence-electron chi connectivity index (χ1n) is 22.1. The van der Waals surface area contributed by atoms with E-state index in [4.69, 9.17) is 9.97 Å². The molecule has 310 valence electrons. The first kappa shape index (κ1) is 38.7. The maximum absolute atomic E-state index is 5.44. The van der Waals surface area contributed by atoms with Crippen molar-refractivity contribution in [1.29, 1.82) is 0 Å². The lowest BCUT2D eigenvalue weighted by atomic mass is 10.0. The van der Waals surface area contributed by atoms with Crippen molar-refractivity contribution in [3.8, 4) is 34.2 Å². The van der Waals surface area contributed by atoms with Gasteiger partial charge >= 0.3 is 0 Å². The standard InChI is InChI=1S/C60H44N4S/c1-41-21-15-17-31-48(41)54-39-55(49-32-18-16-22-42(49)2)62-60(61-54)64-56-34-20-19-33-50(56)52-38-53-51-36-35-47(37-57(51)63(58(53)40-59(52)64)43-23-7-3-8-24-43)65(44-25-9-4-10-26-44,45-27-11-5-12-28-45)46-29-13-6-14-30-46/h3-40H,1-2H3. The van der Waals surface area contributed by atoms with Crippen LogP contribution in [0.5, 0.6) is 0 Å². The number of fused-ring (bicyclic) bond motifs is 6. The lowest BCUT2D eigenvalue weighted by Gasteiger charge is -2.42. The van der Waals surface area contributed by atoms with Gasteiger partial charge in [0.15, 0.2) is 0 Å². The predicted molar refractivity (Wildman–Crippen MR) is 271 cm³/mol. The minimum atomic E-state index is -1.93. The van der Waals surface area contributed by atoms with E-state index in [2.05, 4.69) is 254 Å². The largest absolute Gasteiger partial charge is 0.309 e. The molecule has 65 heavy (non-hydrogen) atoms. The summed E-state index contributed by atoms with van der Waals surface area (Å²) >= 11 is 0. The van der Waals surface area contributed by atoms with Crippen molar-refractivity contribution < 1.29 is 0 Å². The second-order valence-electron chi connectivity index (χ2n) is 16.7. The molecule has 0 unspecified atom stereocenters. The van der Waals surface area contributed by atoms with Crippen LogP contribution in [0.15, 0.2) is 250 Å². The summed E-state index contributed by atoms with van der Waals surface area (Å²) in [4.78, 5) is 16.0. The van der Waals surface area contributed by atoms with Crippen molar-refractivity contribution >= 4 is 53.6 Å². The number of nitrogens with zero attached hydrogens (tertiary/aromatic N) is 4. The number of para-hydroxylation sites is 2. The van der Waals surface area contributed by atoms with Crippen molar-refractivity contribution in [1.82, 2.24) is 19.1 Å². The van der Waals surface area contributed by atoms with Gasteiger partial charge in [-0.1, -0.05) is 146 Å². The van der Waals surface area contributed by atoms with Crippen molar-refractivity contribution in [2.45, 2.75) is 33.4 Å². The van der Waals surface area contributed by atoms with E-state index < -0.39 is 10.0 Å². The third-order valence-corrected chi connectivity index (χ3v) is 16.8. The fraction of sp³-hybridized carbons (Fsp3) is 0.0333. The van der Waals surface area contributed by atoms with Gasteiger partial charge in [-0.2, -0.15) is 0 Å². The molecule has 0 atom stereocenters. The molecule has 9 aromatic carbocycles. The SMILES string of the molecule is Cc1ccccc1-c1cc(-c2ccccc2C)nc(-n2c3ccccc3c3cc4c5ccc(S(c6ccccc6)(c6ccccc6)c6ccccc6)cc5n(-c5ccccc5)c4cc32)n1. The molecule has 0 radical (unpaired) electrons. The van der Waals surface area contributed by atoms with Crippen molar-refractivity contribution in [2.75, 3.05) is 0 Å². The van der Waals surface area contributed by atoms with Gasteiger partial charge in [-0.15, -0.1) is 10.0 Å². The van der Waals surface area contributed by atoms with Gasteiger partial charge in [0.05, 0.1) is 33.5 Å². The van der Waals surface area contributed by atoms with E-state index in [0.29, 0.717) is 5.95 Å². The van der Waals surface area contributed by atoms with Gasteiger partial charge in [0.1, 0.15) is 0 Å². The van der Waals surface area contributed by atoms with Crippen LogP contribution >= 0.6 is 10.0 Å². The number of aryl methyl sites for hydroxylation is 2. The molecule has 3 heterocycles. The Morgan fingerprint density at radius 2 is 0.769 bits per heavy atom. The van der Waals surface area contributed by atoms with Crippen LogP contribution < -0.4 is 0 Å². The molecular weight excluding hydrogens is 809 g/mol. The van der Waals surface area contributed by atoms with Gasteiger partial charge < -0.3 is 4.57 Å². The second kappa shape index (κ2) is 15.7.